The van der Waals surface area contributed by atoms with Gasteiger partial charge in [0.1, 0.15) is 0 Å². The van der Waals surface area contributed by atoms with E-state index in [2.05, 4.69) is 31.2 Å². The van der Waals surface area contributed by atoms with Crippen LogP contribution in [-0.4, -0.2) is 22.3 Å². The summed E-state index contributed by atoms with van der Waals surface area (Å²) >= 11 is 0. The van der Waals surface area contributed by atoms with Crippen LogP contribution in [0.25, 0.3) is 11.0 Å². The van der Waals surface area contributed by atoms with Crippen LogP contribution in [0.2, 0.25) is 0 Å². The fraction of sp³-hybridized carbons (Fsp3) is 0.500. The van der Waals surface area contributed by atoms with E-state index in [0.717, 1.165) is 22.2 Å². The van der Waals surface area contributed by atoms with E-state index in [1.165, 1.54) is 0 Å². The lowest BCUT2D eigenvalue weighted by atomic mass is 10.0. The summed E-state index contributed by atoms with van der Waals surface area (Å²) in [7, 11) is 0. The van der Waals surface area contributed by atoms with E-state index in [4.69, 9.17) is 4.52 Å². The molecule has 0 spiro atoms. The zero-order valence-corrected chi connectivity index (χ0v) is 11.3. The first-order valence-electron chi connectivity index (χ1n) is 6.16. The average molecular weight is 248 g/mol. The fourth-order valence-electron chi connectivity index (χ4n) is 1.80. The largest absolute Gasteiger partial charge is 0.387 e. The van der Waals surface area contributed by atoms with Crippen molar-refractivity contribution in [2.24, 2.45) is 0 Å². The molecule has 0 aliphatic carbocycles. The summed E-state index contributed by atoms with van der Waals surface area (Å²) in [5.74, 6) is 0. The van der Waals surface area contributed by atoms with Gasteiger partial charge in [-0.1, -0.05) is 11.2 Å². The molecule has 1 atom stereocenters. The molecule has 0 radical (unpaired) electrons. The molecule has 98 valence electrons. The summed E-state index contributed by atoms with van der Waals surface area (Å²) in [6, 6.07) is 5.67. The van der Waals surface area contributed by atoms with Crippen molar-refractivity contribution in [3.63, 3.8) is 0 Å². The average Bonchev–Trinajstić information content (AvgIpc) is 2.67. The molecule has 4 nitrogen and oxygen atoms in total. The predicted octanol–water partition coefficient (Wildman–Crippen LogP) is 2.56. The van der Waals surface area contributed by atoms with Gasteiger partial charge in [0.2, 0.25) is 0 Å². The molecular weight excluding hydrogens is 228 g/mol. The maximum absolute atomic E-state index is 10.2. The Kier molecular flexibility index (Phi) is 3.41. The fourth-order valence-corrected chi connectivity index (χ4v) is 1.80. The normalized spacial score (nSPS) is 14.1. The maximum Gasteiger partial charge on any atom is 0.167 e. The number of rotatable bonds is 3. The summed E-state index contributed by atoms with van der Waals surface area (Å²) in [6.07, 6.45) is -0.525. The molecule has 0 saturated heterocycles. The van der Waals surface area contributed by atoms with Gasteiger partial charge in [-0.05, 0) is 45.4 Å². The van der Waals surface area contributed by atoms with Crippen molar-refractivity contribution < 1.29 is 9.63 Å². The van der Waals surface area contributed by atoms with Crippen LogP contribution in [0.4, 0.5) is 0 Å². The summed E-state index contributed by atoms with van der Waals surface area (Å²) in [5.41, 5.74) is 2.48. The van der Waals surface area contributed by atoms with Crippen molar-refractivity contribution in [1.82, 2.24) is 10.5 Å². The summed E-state index contributed by atoms with van der Waals surface area (Å²) in [5, 5.41) is 18.3. The number of fused-ring (bicyclic) bond motifs is 1. The molecule has 1 aromatic heterocycles. The Morgan fingerprint density at radius 1 is 1.39 bits per heavy atom. The molecule has 0 aliphatic heterocycles. The second-order valence-corrected chi connectivity index (χ2v) is 5.67. The zero-order chi connectivity index (χ0) is 13.3. The number of aromatic nitrogens is 1. The van der Waals surface area contributed by atoms with Gasteiger partial charge in [0, 0.05) is 17.5 Å². The number of hydrogen-bond donors (Lipinski definition) is 2. The number of nitrogens with one attached hydrogen (secondary N) is 1. The Morgan fingerprint density at radius 3 is 2.78 bits per heavy atom. The van der Waals surface area contributed by atoms with E-state index in [1.807, 2.05) is 25.1 Å². The van der Waals surface area contributed by atoms with Gasteiger partial charge in [0.15, 0.2) is 5.58 Å². The Bertz CT molecular complexity index is 540. The van der Waals surface area contributed by atoms with E-state index >= 15 is 0 Å². The number of aliphatic hydroxyl groups is 1. The van der Waals surface area contributed by atoms with E-state index in [-0.39, 0.29) is 5.54 Å². The highest BCUT2D eigenvalue weighted by Crippen LogP contribution is 2.23. The highest BCUT2D eigenvalue weighted by Gasteiger charge is 2.15. The first-order valence-corrected chi connectivity index (χ1v) is 6.16. The van der Waals surface area contributed by atoms with Crippen molar-refractivity contribution in [2.45, 2.75) is 39.3 Å². The van der Waals surface area contributed by atoms with Crippen molar-refractivity contribution in [3.8, 4) is 0 Å². The van der Waals surface area contributed by atoms with Crippen molar-refractivity contribution in [1.29, 1.82) is 0 Å². The van der Waals surface area contributed by atoms with Crippen LogP contribution < -0.4 is 5.32 Å². The minimum Gasteiger partial charge on any atom is -0.387 e. The predicted molar refractivity (Wildman–Crippen MR) is 71.5 cm³/mol. The molecule has 2 aromatic rings. The Morgan fingerprint density at radius 2 is 2.11 bits per heavy atom. The molecule has 0 unspecified atom stereocenters. The molecule has 1 heterocycles. The number of β-amino-alcohol motifs (C(OH)–C–C–N with tert-alkyl or cyclic N) is 1. The van der Waals surface area contributed by atoms with E-state index in [1.54, 1.807) is 0 Å². The second-order valence-electron chi connectivity index (χ2n) is 5.67. The molecule has 1 aromatic carbocycles. The molecule has 2 rings (SSSR count). The van der Waals surface area contributed by atoms with Crippen LogP contribution in [0.1, 0.15) is 38.1 Å². The van der Waals surface area contributed by atoms with Crippen molar-refractivity contribution in [3.05, 3.63) is 29.5 Å². The van der Waals surface area contributed by atoms with Gasteiger partial charge in [-0.2, -0.15) is 0 Å². The lowest BCUT2D eigenvalue weighted by Gasteiger charge is -2.23. The van der Waals surface area contributed by atoms with Gasteiger partial charge in [-0.3, -0.25) is 0 Å². The summed E-state index contributed by atoms with van der Waals surface area (Å²) in [6.45, 7) is 8.65. The van der Waals surface area contributed by atoms with Crippen LogP contribution >= 0.6 is 0 Å². The lowest BCUT2D eigenvalue weighted by Crippen LogP contribution is -2.38. The Balaban J connectivity index is 2.17. The monoisotopic (exact) mass is 248 g/mol. The zero-order valence-electron chi connectivity index (χ0n) is 11.3. The molecule has 4 heteroatoms. The molecule has 0 bridgehead atoms. The third-order valence-electron chi connectivity index (χ3n) is 2.88. The quantitative estimate of drug-likeness (QED) is 0.876. The molecule has 0 amide bonds. The smallest absolute Gasteiger partial charge is 0.167 e. The number of aryl methyl sites for hydroxylation is 1. The van der Waals surface area contributed by atoms with E-state index in [9.17, 15) is 5.11 Å². The highest BCUT2D eigenvalue weighted by atomic mass is 16.5. The van der Waals surface area contributed by atoms with E-state index in [0.29, 0.717) is 6.54 Å². The minimum atomic E-state index is -0.525. The third-order valence-corrected chi connectivity index (χ3v) is 2.88. The molecule has 0 aliphatic rings. The van der Waals surface area contributed by atoms with Gasteiger partial charge in [-0.15, -0.1) is 0 Å². The SMILES string of the molecule is Cc1noc2ccc([C@H](O)CNC(C)(C)C)cc12. The van der Waals surface area contributed by atoms with E-state index < -0.39 is 6.10 Å². The number of aliphatic hydroxyl groups excluding tert-OH is 1. The van der Waals surface area contributed by atoms with Crippen molar-refractivity contribution in [2.75, 3.05) is 6.54 Å². The third kappa shape index (κ3) is 2.89. The van der Waals surface area contributed by atoms with Crippen molar-refractivity contribution >= 4 is 11.0 Å². The number of hydrogen-bond acceptors (Lipinski definition) is 4. The molecule has 18 heavy (non-hydrogen) atoms. The van der Waals surface area contributed by atoms with Gasteiger partial charge in [0.05, 0.1) is 11.8 Å². The van der Waals surface area contributed by atoms with Gasteiger partial charge >= 0.3 is 0 Å². The molecule has 0 saturated carbocycles. The number of nitrogens with zero attached hydrogens (tertiary/aromatic N) is 1. The van der Waals surface area contributed by atoms with Crippen LogP contribution in [0.5, 0.6) is 0 Å². The molecule has 0 fully saturated rings. The van der Waals surface area contributed by atoms with Crippen LogP contribution in [-0.2, 0) is 0 Å². The minimum absolute atomic E-state index is 0.00179. The maximum atomic E-state index is 10.2. The second kappa shape index (κ2) is 4.71. The molecular formula is C14H20N2O2. The van der Waals surface area contributed by atoms with Gasteiger partial charge in [0.25, 0.3) is 0 Å². The highest BCUT2D eigenvalue weighted by molar-refractivity contribution is 5.79. The van der Waals surface area contributed by atoms with Crippen LogP contribution in [0, 0.1) is 6.92 Å². The van der Waals surface area contributed by atoms with Crippen LogP contribution in [0.3, 0.4) is 0 Å². The standard InChI is InChI=1S/C14H20N2O2/c1-9-11-7-10(5-6-13(11)18-16-9)12(17)8-15-14(2,3)4/h5-7,12,15,17H,8H2,1-4H3/t12-/m1/s1. The Hall–Kier alpha value is -1.39. The first kappa shape index (κ1) is 13.1. The first-order chi connectivity index (χ1) is 8.37. The number of benzene rings is 1. The van der Waals surface area contributed by atoms with Crippen LogP contribution in [0.15, 0.2) is 22.7 Å². The topological polar surface area (TPSA) is 58.3 Å². The Labute approximate surface area is 107 Å². The lowest BCUT2D eigenvalue weighted by molar-refractivity contribution is 0.163. The summed E-state index contributed by atoms with van der Waals surface area (Å²) < 4.78 is 5.15. The molecule has 2 N–H and O–H groups in total. The van der Waals surface area contributed by atoms with Gasteiger partial charge < -0.3 is 14.9 Å². The summed E-state index contributed by atoms with van der Waals surface area (Å²) in [4.78, 5) is 0. The van der Waals surface area contributed by atoms with Gasteiger partial charge in [-0.25, -0.2) is 0 Å².